The highest BCUT2D eigenvalue weighted by molar-refractivity contribution is 5.17. The third kappa shape index (κ3) is 2.51. The van der Waals surface area contributed by atoms with Crippen molar-refractivity contribution in [2.24, 2.45) is 0 Å². The van der Waals surface area contributed by atoms with E-state index in [-0.39, 0.29) is 6.10 Å². The molecule has 64 valence electrons. The number of benzene rings is 1. The Hall–Kier alpha value is -1.08. The summed E-state index contributed by atoms with van der Waals surface area (Å²) < 4.78 is 0. The maximum atomic E-state index is 9.60. The lowest BCUT2D eigenvalue weighted by molar-refractivity contribution is 0.181. The summed E-state index contributed by atoms with van der Waals surface area (Å²) in [5.41, 5.74) is 0.982. The quantitative estimate of drug-likeness (QED) is 0.677. The van der Waals surface area contributed by atoms with Gasteiger partial charge in [-0.15, -0.1) is 0 Å². The fourth-order valence-electron chi connectivity index (χ4n) is 1.08. The van der Waals surface area contributed by atoms with Crippen molar-refractivity contribution in [1.82, 2.24) is 0 Å². The first-order valence-electron chi connectivity index (χ1n) is 4.18. The lowest BCUT2D eigenvalue weighted by Crippen LogP contribution is -1.94. The Bertz CT molecular complexity index is 238. The minimum Gasteiger partial charge on any atom is -0.388 e. The molecule has 0 bridgehead atoms. The van der Waals surface area contributed by atoms with Crippen LogP contribution in [0.1, 0.15) is 25.0 Å². The summed E-state index contributed by atoms with van der Waals surface area (Å²) in [5, 5.41) is 9.60. The molecular weight excluding hydrogens is 148 g/mol. The van der Waals surface area contributed by atoms with Crippen molar-refractivity contribution in [2.75, 3.05) is 0 Å². The van der Waals surface area contributed by atoms with E-state index in [1.54, 1.807) is 0 Å². The van der Waals surface area contributed by atoms with Crippen LogP contribution in [-0.2, 0) is 0 Å². The molecular formula is C11H14O. The van der Waals surface area contributed by atoms with Gasteiger partial charge in [-0.05, 0) is 18.9 Å². The third-order valence-electron chi connectivity index (χ3n) is 1.78. The van der Waals surface area contributed by atoms with Crippen LogP contribution in [0.4, 0.5) is 0 Å². The highest BCUT2D eigenvalue weighted by Gasteiger charge is 2.02. The van der Waals surface area contributed by atoms with E-state index < -0.39 is 0 Å². The number of rotatable bonds is 3. The van der Waals surface area contributed by atoms with E-state index in [4.69, 9.17) is 0 Å². The van der Waals surface area contributed by atoms with Gasteiger partial charge in [0.25, 0.3) is 0 Å². The zero-order valence-electron chi connectivity index (χ0n) is 7.27. The molecule has 1 atom stereocenters. The van der Waals surface area contributed by atoms with Crippen LogP contribution >= 0.6 is 0 Å². The van der Waals surface area contributed by atoms with Gasteiger partial charge in [-0.2, -0.15) is 0 Å². The predicted molar refractivity (Wildman–Crippen MR) is 50.8 cm³/mol. The third-order valence-corrected chi connectivity index (χ3v) is 1.78. The van der Waals surface area contributed by atoms with Gasteiger partial charge in [-0.1, -0.05) is 42.5 Å². The molecule has 0 fully saturated rings. The molecule has 0 unspecified atom stereocenters. The number of aliphatic hydroxyl groups is 1. The molecule has 0 radical (unpaired) electrons. The molecule has 1 rings (SSSR count). The predicted octanol–water partition coefficient (Wildman–Crippen LogP) is 2.69. The molecule has 0 saturated carbocycles. The van der Waals surface area contributed by atoms with Crippen molar-refractivity contribution in [1.29, 1.82) is 0 Å². The van der Waals surface area contributed by atoms with Gasteiger partial charge in [0.15, 0.2) is 0 Å². The summed E-state index contributed by atoms with van der Waals surface area (Å²) in [5.74, 6) is 0. The molecule has 1 heteroatoms. The monoisotopic (exact) mass is 162 g/mol. The topological polar surface area (TPSA) is 20.2 Å². The Morgan fingerprint density at radius 2 is 2.00 bits per heavy atom. The second kappa shape index (κ2) is 4.73. The van der Waals surface area contributed by atoms with Crippen LogP contribution in [-0.4, -0.2) is 5.11 Å². The average molecular weight is 162 g/mol. The van der Waals surface area contributed by atoms with E-state index in [9.17, 15) is 5.11 Å². The van der Waals surface area contributed by atoms with E-state index in [1.165, 1.54) is 0 Å². The van der Waals surface area contributed by atoms with Gasteiger partial charge in [0.2, 0.25) is 0 Å². The SMILES string of the molecule is C/C=C/C[C@H](O)c1ccccc1. The standard InChI is InChI=1S/C11H14O/c1-2-3-9-11(12)10-7-5-4-6-8-10/h2-8,11-12H,9H2,1H3/b3-2+/t11-/m0/s1. The van der Waals surface area contributed by atoms with Crippen LogP contribution in [0.25, 0.3) is 0 Å². The minimum atomic E-state index is -0.359. The zero-order valence-corrected chi connectivity index (χ0v) is 7.27. The zero-order chi connectivity index (χ0) is 8.81. The molecule has 12 heavy (non-hydrogen) atoms. The van der Waals surface area contributed by atoms with E-state index in [0.29, 0.717) is 6.42 Å². The molecule has 1 N–H and O–H groups in total. The van der Waals surface area contributed by atoms with E-state index in [0.717, 1.165) is 5.56 Å². The van der Waals surface area contributed by atoms with Crippen molar-refractivity contribution in [2.45, 2.75) is 19.4 Å². The van der Waals surface area contributed by atoms with Crippen molar-refractivity contribution < 1.29 is 5.11 Å². The molecule has 1 aromatic rings. The van der Waals surface area contributed by atoms with E-state index >= 15 is 0 Å². The molecule has 0 saturated heterocycles. The molecule has 0 aromatic heterocycles. The van der Waals surface area contributed by atoms with Crippen molar-refractivity contribution >= 4 is 0 Å². The number of allylic oxidation sites excluding steroid dienone is 1. The highest BCUT2D eigenvalue weighted by atomic mass is 16.3. The smallest absolute Gasteiger partial charge is 0.0824 e. The molecule has 0 heterocycles. The molecule has 1 aromatic carbocycles. The minimum absolute atomic E-state index is 0.359. The van der Waals surface area contributed by atoms with Crippen LogP contribution in [0.2, 0.25) is 0 Å². The van der Waals surface area contributed by atoms with Gasteiger partial charge in [0.1, 0.15) is 0 Å². The normalized spacial score (nSPS) is 13.5. The molecule has 0 aliphatic rings. The maximum absolute atomic E-state index is 9.60. The second-order valence-corrected chi connectivity index (χ2v) is 2.73. The summed E-state index contributed by atoms with van der Waals surface area (Å²) >= 11 is 0. The summed E-state index contributed by atoms with van der Waals surface area (Å²) in [4.78, 5) is 0. The number of aliphatic hydroxyl groups excluding tert-OH is 1. The lowest BCUT2D eigenvalue weighted by atomic mass is 10.1. The Morgan fingerprint density at radius 3 is 2.58 bits per heavy atom. The van der Waals surface area contributed by atoms with Crippen LogP contribution in [0, 0.1) is 0 Å². The average Bonchev–Trinajstić information content (AvgIpc) is 2.15. The molecule has 0 aliphatic heterocycles. The Balaban J connectivity index is 2.59. The number of hydrogen-bond acceptors (Lipinski definition) is 1. The fourth-order valence-corrected chi connectivity index (χ4v) is 1.08. The van der Waals surface area contributed by atoms with Crippen molar-refractivity contribution in [3.8, 4) is 0 Å². The first-order valence-corrected chi connectivity index (χ1v) is 4.18. The molecule has 0 spiro atoms. The summed E-state index contributed by atoms with van der Waals surface area (Å²) in [7, 11) is 0. The largest absolute Gasteiger partial charge is 0.388 e. The van der Waals surface area contributed by atoms with E-state index in [1.807, 2.05) is 49.4 Å². The van der Waals surface area contributed by atoms with Gasteiger partial charge in [0.05, 0.1) is 6.10 Å². The first-order chi connectivity index (χ1) is 5.84. The molecule has 0 amide bonds. The summed E-state index contributed by atoms with van der Waals surface area (Å²) in [6, 6.07) is 9.70. The van der Waals surface area contributed by atoms with Crippen LogP contribution < -0.4 is 0 Å². The Morgan fingerprint density at radius 1 is 1.33 bits per heavy atom. The van der Waals surface area contributed by atoms with Crippen LogP contribution in [0.5, 0.6) is 0 Å². The Kier molecular flexibility index (Phi) is 3.55. The summed E-state index contributed by atoms with van der Waals surface area (Å²) in [6.07, 6.45) is 4.26. The lowest BCUT2D eigenvalue weighted by Gasteiger charge is -2.06. The van der Waals surface area contributed by atoms with Gasteiger partial charge in [-0.25, -0.2) is 0 Å². The fraction of sp³-hybridized carbons (Fsp3) is 0.273. The molecule has 0 aliphatic carbocycles. The van der Waals surface area contributed by atoms with Crippen molar-refractivity contribution in [3.05, 3.63) is 48.0 Å². The van der Waals surface area contributed by atoms with Gasteiger partial charge >= 0.3 is 0 Å². The van der Waals surface area contributed by atoms with Crippen LogP contribution in [0.15, 0.2) is 42.5 Å². The van der Waals surface area contributed by atoms with Gasteiger partial charge < -0.3 is 5.11 Å². The first kappa shape index (κ1) is 9.01. The Labute approximate surface area is 73.4 Å². The highest BCUT2D eigenvalue weighted by Crippen LogP contribution is 2.15. The second-order valence-electron chi connectivity index (χ2n) is 2.73. The number of hydrogen-bond donors (Lipinski definition) is 1. The molecule has 1 nitrogen and oxygen atoms in total. The van der Waals surface area contributed by atoms with Crippen LogP contribution in [0.3, 0.4) is 0 Å². The van der Waals surface area contributed by atoms with Crippen molar-refractivity contribution in [3.63, 3.8) is 0 Å². The summed E-state index contributed by atoms with van der Waals surface area (Å²) in [6.45, 7) is 1.96. The van der Waals surface area contributed by atoms with Gasteiger partial charge in [0, 0.05) is 0 Å². The maximum Gasteiger partial charge on any atom is 0.0824 e. The van der Waals surface area contributed by atoms with Gasteiger partial charge in [-0.3, -0.25) is 0 Å². The van der Waals surface area contributed by atoms with E-state index in [2.05, 4.69) is 0 Å².